The van der Waals surface area contributed by atoms with Gasteiger partial charge in [-0.3, -0.25) is 0 Å². The number of rotatable bonds is 8. The first-order valence-electron chi connectivity index (χ1n) is 6.36. The fourth-order valence-corrected chi connectivity index (χ4v) is 1.55. The van der Waals surface area contributed by atoms with Crippen molar-refractivity contribution in [3.8, 4) is 5.75 Å². The van der Waals surface area contributed by atoms with Gasteiger partial charge in [-0.2, -0.15) is 0 Å². The second-order valence-electron chi connectivity index (χ2n) is 4.67. The molecule has 3 nitrogen and oxygen atoms in total. The Balaban J connectivity index is 2.38. The first-order chi connectivity index (χ1) is 8.61. The van der Waals surface area contributed by atoms with Crippen molar-refractivity contribution >= 4 is 0 Å². The molecule has 0 aliphatic carbocycles. The van der Waals surface area contributed by atoms with Crippen molar-refractivity contribution in [1.29, 1.82) is 0 Å². The highest BCUT2D eigenvalue weighted by atomic mass is 16.5. The first-order valence-corrected chi connectivity index (χ1v) is 6.36. The second kappa shape index (κ2) is 7.90. The van der Waals surface area contributed by atoms with Crippen molar-refractivity contribution in [3.63, 3.8) is 0 Å². The van der Waals surface area contributed by atoms with Crippen molar-refractivity contribution < 1.29 is 9.84 Å². The van der Waals surface area contributed by atoms with Crippen molar-refractivity contribution in [2.45, 2.75) is 32.4 Å². The summed E-state index contributed by atoms with van der Waals surface area (Å²) in [7, 11) is 0. The molecule has 3 heteroatoms. The Hall–Kier alpha value is -1.32. The Kier molecular flexibility index (Phi) is 6.47. The summed E-state index contributed by atoms with van der Waals surface area (Å²) in [6.45, 7) is 8.66. The summed E-state index contributed by atoms with van der Waals surface area (Å²) in [5.74, 6) is 0.790. The molecule has 0 aliphatic heterocycles. The van der Waals surface area contributed by atoms with E-state index in [9.17, 15) is 5.11 Å². The Morgan fingerprint density at radius 2 is 2.22 bits per heavy atom. The zero-order chi connectivity index (χ0) is 13.4. The zero-order valence-electron chi connectivity index (χ0n) is 11.2. The van der Waals surface area contributed by atoms with Gasteiger partial charge >= 0.3 is 0 Å². The number of ether oxygens (including phenoxy) is 1. The monoisotopic (exact) mass is 249 g/mol. The van der Waals surface area contributed by atoms with E-state index in [1.807, 2.05) is 44.2 Å². The van der Waals surface area contributed by atoms with E-state index in [0.717, 1.165) is 17.7 Å². The molecule has 0 fully saturated rings. The summed E-state index contributed by atoms with van der Waals surface area (Å²) in [6, 6.07) is 8.23. The lowest BCUT2D eigenvalue weighted by Crippen LogP contribution is -2.35. The third-order valence-electron chi connectivity index (χ3n) is 2.48. The van der Waals surface area contributed by atoms with Gasteiger partial charge in [0.25, 0.3) is 0 Å². The van der Waals surface area contributed by atoms with Gasteiger partial charge in [-0.15, -0.1) is 6.58 Å². The Labute approximate surface area is 109 Å². The SMILES string of the molecule is C=CCc1cccc(OC[C@@H](O)CNC(C)C)c1. The number of allylic oxidation sites excluding steroid dienone is 1. The van der Waals surface area contributed by atoms with Gasteiger partial charge < -0.3 is 15.2 Å². The van der Waals surface area contributed by atoms with Gasteiger partial charge in [0, 0.05) is 12.6 Å². The lowest BCUT2D eigenvalue weighted by Gasteiger charge is -2.15. The summed E-state index contributed by atoms with van der Waals surface area (Å²) in [5.41, 5.74) is 1.16. The highest BCUT2D eigenvalue weighted by molar-refractivity contribution is 5.29. The van der Waals surface area contributed by atoms with Gasteiger partial charge in [-0.1, -0.05) is 32.1 Å². The largest absolute Gasteiger partial charge is 0.491 e. The van der Waals surface area contributed by atoms with E-state index >= 15 is 0 Å². The highest BCUT2D eigenvalue weighted by Crippen LogP contribution is 2.14. The van der Waals surface area contributed by atoms with Crippen LogP contribution in [-0.2, 0) is 6.42 Å². The smallest absolute Gasteiger partial charge is 0.119 e. The fraction of sp³-hybridized carbons (Fsp3) is 0.467. The van der Waals surface area contributed by atoms with Crippen LogP contribution in [0.15, 0.2) is 36.9 Å². The van der Waals surface area contributed by atoms with Crippen molar-refractivity contribution in [2.75, 3.05) is 13.2 Å². The van der Waals surface area contributed by atoms with Gasteiger partial charge in [0.1, 0.15) is 18.5 Å². The molecule has 100 valence electrons. The van der Waals surface area contributed by atoms with E-state index < -0.39 is 6.10 Å². The molecular weight excluding hydrogens is 226 g/mol. The highest BCUT2D eigenvalue weighted by Gasteiger charge is 2.06. The molecule has 18 heavy (non-hydrogen) atoms. The van der Waals surface area contributed by atoms with Gasteiger partial charge in [0.15, 0.2) is 0 Å². The molecule has 2 N–H and O–H groups in total. The Morgan fingerprint density at radius 1 is 1.44 bits per heavy atom. The van der Waals surface area contributed by atoms with Crippen LogP contribution in [0.4, 0.5) is 0 Å². The van der Waals surface area contributed by atoms with Crippen LogP contribution in [0.25, 0.3) is 0 Å². The van der Waals surface area contributed by atoms with Gasteiger partial charge in [0.05, 0.1) is 0 Å². The number of aliphatic hydroxyl groups is 1. The average Bonchev–Trinajstić information content (AvgIpc) is 2.35. The maximum Gasteiger partial charge on any atom is 0.119 e. The summed E-state index contributed by atoms with van der Waals surface area (Å²) in [4.78, 5) is 0. The number of aliphatic hydroxyl groups excluding tert-OH is 1. The van der Waals surface area contributed by atoms with Crippen molar-refractivity contribution in [1.82, 2.24) is 5.32 Å². The van der Waals surface area contributed by atoms with E-state index in [1.165, 1.54) is 0 Å². The molecule has 0 saturated carbocycles. The minimum Gasteiger partial charge on any atom is -0.491 e. The van der Waals surface area contributed by atoms with E-state index in [-0.39, 0.29) is 0 Å². The number of nitrogens with one attached hydrogen (secondary N) is 1. The molecule has 0 heterocycles. The van der Waals surface area contributed by atoms with Gasteiger partial charge in [-0.25, -0.2) is 0 Å². The predicted molar refractivity (Wildman–Crippen MR) is 75.0 cm³/mol. The lowest BCUT2D eigenvalue weighted by molar-refractivity contribution is 0.104. The molecule has 0 aromatic heterocycles. The van der Waals surface area contributed by atoms with Crippen LogP contribution in [0.1, 0.15) is 19.4 Å². The summed E-state index contributed by atoms with van der Waals surface area (Å²) in [6.07, 6.45) is 2.20. The fourth-order valence-electron chi connectivity index (χ4n) is 1.55. The van der Waals surface area contributed by atoms with E-state index in [2.05, 4.69) is 11.9 Å². The number of benzene rings is 1. The third kappa shape index (κ3) is 5.84. The molecule has 1 rings (SSSR count). The maximum atomic E-state index is 9.73. The minimum absolute atomic E-state index is 0.303. The topological polar surface area (TPSA) is 41.5 Å². The Bertz CT molecular complexity index is 363. The average molecular weight is 249 g/mol. The van der Waals surface area contributed by atoms with Gasteiger partial charge in [0.2, 0.25) is 0 Å². The van der Waals surface area contributed by atoms with Crippen LogP contribution in [0.2, 0.25) is 0 Å². The molecular formula is C15H23NO2. The Morgan fingerprint density at radius 3 is 2.89 bits per heavy atom. The van der Waals surface area contributed by atoms with Crippen molar-refractivity contribution in [2.24, 2.45) is 0 Å². The standard InChI is InChI=1S/C15H23NO2/c1-4-6-13-7-5-8-15(9-13)18-11-14(17)10-16-12(2)3/h4-5,7-9,12,14,16-17H,1,6,10-11H2,2-3H3/t14-/m0/s1. The van der Waals surface area contributed by atoms with Crippen LogP contribution < -0.4 is 10.1 Å². The molecule has 1 atom stereocenters. The van der Waals surface area contributed by atoms with E-state index in [4.69, 9.17) is 4.74 Å². The molecule has 0 aliphatic rings. The summed E-state index contributed by atoms with van der Waals surface area (Å²) >= 11 is 0. The quantitative estimate of drug-likeness (QED) is 0.694. The normalized spacial score (nSPS) is 12.4. The summed E-state index contributed by atoms with van der Waals surface area (Å²) in [5, 5.41) is 12.9. The van der Waals surface area contributed by atoms with Crippen molar-refractivity contribution in [3.05, 3.63) is 42.5 Å². The molecule has 0 amide bonds. The number of hydrogen-bond acceptors (Lipinski definition) is 3. The predicted octanol–water partition coefficient (Wildman–Crippen LogP) is 2.15. The van der Waals surface area contributed by atoms with Crippen LogP contribution in [0, 0.1) is 0 Å². The van der Waals surface area contributed by atoms with Crippen LogP contribution in [0.3, 0.4) is 0 Å². The molecule has 0 unspecified atom stereocenters. The zero-order valence-corrected chi connectivity index (χ0v) is 11.2. The van der Waals surface area contributed by atoms with Crippen LogP contribution >= 0.6 is 0 Å². The molecule has 0 bridgehead atoms. The second-order valence-corrected chi connectivity index (χ2v) is 4.67. The molecule has 0 spiro atoms. The maximum absolute atomic E-state index is 9.73. The minimum atomic E-state index is -0.490. The number of hydrogen-bond donors (Lipinski definition) is 2. The van der Waals surface area contributed by atoms with Gasteiger partial charge in [-0.05, 0) is 24.1 Å². The van der Waals surface area contributed by atoms with E-state index in [0.29, 0.717) is 19.2 Å². The third-order valence-corrected chi connectivity index (χ3v) is 2.48. The lowest BCUT2D eigenvalue weighted by atomic mass is 10.1. The van der Waals surface area contributed by atoms with Crippen LogP contribution in [0.5, 0.6) is 5.75 Å². The van der Waals surface area contributed by atoms with E-state index in [1.54, 1.807) is 0 Å². The first kappa shape index (κ1) is 14.7. The molecule has 1 aromatic carbocycles. The summed E-state index contributed by atoms with van der Waals surface area (Å²) < 4.78 is 5.56. The molecule has 1 aromatic rings. The molecule has 0 radical (unpaired) electrons. The molecule has 0 saturated heterocycles. The van der Waals surface area contributed by atoms with Crippen LogP contribution in [-0.4, -0.2) is 30.4 Å².